The number of fused-ring (bicyclic) bond motifs is 1. The van der Waals surface area contributed by atoms with Gasteiger partial charge in [-0.1, -0.05) is 48.5 Å². The van der Waals surface area contributed by atoms with Crippen molar-refractivity contribution in [2.24, 2.45) is 0 Å². The highest BCUT2D eigenvalue weighted by molar-refractivity contribution is 5.94. The summed E-state index contributed by atoms with van der Waals surface area (Å²) in [7, 11) is 0. The molecule has 0 bridgehead atoms. The Morgan fingerprint density at radius 3 is 2.33 bits per heavy atom. The highest BCUT2D eigenvalue weighted by Gasteiger charge is 2.15. The normalized spacial score (nSPS) is 11.0. The Morgan fingerprint density at radius 1 is 0.833 bits per heavy atom. The fourth-order valence-corrected chi connectivity index (χ4v) is 4.25. The second-order valence-corrected chi connectivity index (χ2v) is 8.66. The molecule has 3 aromatic carbocycles. The van der Waals surface area contributed by atoms with Gasteiger partial charge in [0.1, 0.15) is 5.76 Å². The van der Waals surface area contributed by atoms with Crippen LogP contribution in [0.1, 0.15) is 32.8 Å². The molecule has 1 amide bonds. The smallest absolute Gasteiger partial charge is 0.332 e. The number of nitrogens with one attached hydrogen (secondary N) is 1. The van der Waals surface area contributed by atoms with E-state index >= 15 is 0 Å². The molecule has 0 aliphatic carbocycles. The van der Waals surface area contributed by atoms with E-state index < -0.39 is 0 Å². The van der Waals surface area contributed by atoms with E-state index in [1.165, 1.54) is 4.57 Å². The lowest BCUT2D eigenvalue weighted by molar-refractivity contribution is 0.0948. The summed E-state index contributed by atoms with van der Waals surface area (Å²) in [4.78, 5) is 39.3. The standard InChI is InChI=1S/C29H25N3O4/c1-20-7-2-3-8-23(20)19-31-26-11-5-4-10-25(26)28(34)32(29(31)35)18-21-12-14-22(15-13-21)27(33)30-17-24-9-6-16-36-24/h2-16H,17-19H2,1H3,(H,30,33). The molecule has 2 heterocycles. The number of carbonyl (C=O) groups is 1. The van der Waals surface area contributed by atoms with E-state index in [2.05, 4.69) is 5.32 Å². The minimum absolute atomic E-state index is 0.102. The Labute approximate surface area is 207 Å². The van der Waals surface area contributed by atoms with Gasteiger partial charge in [-0.05, 0) is 60.0 Å². The molecule has 0 saturated carbocycles. The summed E-state index contributed by atoms with van der Waals surface area (Å²) in [6.45, 7) is 2.76. The third kappa shape index (κ3) is 4.63. The highest BCUT2D eigenvalue weighted by atomic mass is 16.3. The van der Waals surface area contributed by atoms with E-state index in [-0.39, 0.29) is 23.7 Å². The minimum atomic E-state index is -0.373. The first-order valence-electron chi connectivity index (χ1n) is 11.7. The number of rotatable bonds is 7. The van der Waals surface area contributed by atoms with Crippen LogP contribution in [0.3, 0.4) is 0 Å². The van der Waals surface area contributed by atoms with E-state index in [1.807, 2.05) is 37.3 Å². The zero-order valence-electron chi connectivity index (χ0n) is 19.8. The summed E-state index contributed by atoms with van der Waals surface area (Å²) < 4.78 is 8.14. The van der Waals surface area contributed by atoms with Crippen LogP contribution in [0.15, 0.2) is 105 Å². The number of aromatic nitrogens is 2. The number of furan rings is 1. The molecule has 5 rings (SSSR count). The van der Waals surface area contributed by atoms with Gasteiger partial charge in [0.05, 0.1) is 36.8 Å². The van der Waals surface area contributed by atoms with Crippen LogP contribution in [-0.4, -0.2) is 15.0 Å². The van der Waals surface area contributed by atoms with Crippen molar-refractivity contribution in [3.05, 3.63) is 140 Å². The third-order valence-electron chi connectivity index (χ3n) is 6.28. The van der Waals surface area contributed by atoms with Gasteiger partial charge < -0.3 is 9.73 Å². The molecule has 0 unspecified atom stereocenters. The van der Waals surface area contributed by atoms with Gasteiger partial charge in [0.2, 0.25) is 0 Å². The molecule has 36 heavy (non-hydrogen) atoms. The highest BCUT2D eigenvalue weighted by Crippen LogP contribution is 2.14. The van der Waals surface area contributed by atoms with Crippen LogP contribution in [0.25, 0.3) is 10.9 Å². The lowest BCUT2D eigenvalue weighted by Gasteiger charge is -2.15. The summed E-state index contributed by atoms with van der Waals surface area (Å²) in [5.74, 6) is 0.430. The SMILES string of the molecule is Cc1ccccc1Cn1c(=O)n(Cc2ccc(C(=O)NCc3ccco3)cc2)c(=O)c2ccccc21. The predicted molar refractivity (Wildman–Crippen MR) is 138 cm³/mol. The zero-order chi connectivity index (χ0) is 25.1. The van der Waals surface area contributed by atoms with Crippen molar-refractivity contribution in [3.63, 3.8) is 0 Å². The van der Waals surface area contributed by atoms with Crippen LogP contribution < -0.4 is 16.6 Å². The van der Waals surface area contributed by atoms with Crippen molar-refractivity contribution < 1.29 is 9.21 Å². The van der Waals surface area contributed by atoms with Gasteiger partial charge in [0, 0.05) is 5.56 Å². The third-order valence-corrected chi connectivity index (χ3v) is 6.28. The van der Waals surface area contributed by atoms with Crippen LogP contribution >= 0.6 is 0 Å². The number of carbonyl (C=O) groups excluding carboxylic acids is 1. The van der Waals surface area contributed by atoms with Gasteiger partial charge in [-0.3, -0.25) is 18.7 Å². The quantitative estimate of drug-likeness (QED) is 0.381. The molecule has 0 spiro atoms. The summed E-state index contributed by atoms with van der Waals surface area (Å²) in [5, 5.41) is 3.29. The van der Waals surface area contributed by atoms with Crippen molar-refractivity contribution in [2.75, 3.05) is 0 Å². The first-order chi connectivity index (χ1) is 17.5. The average Bonchev–Trinajstić information content (AvgIpc) is 3.43. The Bertz CT molecular complexity index is 1650. The van der Waals surface area contributed by atoms with E-state index in [0.29, 0.717) is 35.3 Å². The molecule has 180 valence electrons. The van der Waals surface area contributed by atoms with Gasteiger partial charge in [0.15, 0.2) is 0 Å². The fraction of sp³-hybridized carbons (Fsp3) is 0.138. The molecule has 0 aliphatic heterocycles. The Balaban J connectivity index is 1.45. The van der Waals surface area contributed by atoms with E-state index in [9.17, 15) is 14.4 Å². The number of amides is 1. The number of para-hydroxylation sites is 1. The Kier molecular flexibility index (Phi) is 6.36. The summed E-state index contributed by atoms with van der Waals surface area (Å²) in [6.07, 6.45) is 1.56. The molecule has 5 aromatic rings. The number of hydrogen-bond acceptors (Lipinski definition) is 4. The van der Waals surface area contributed by atoms with Crippen molar-refractivity contribution >= 4 is 16.8 Å². The van der Waals surface area contributed by atoms with E-state index in [1.54, 1.807) is 65.4 Å². The van der Waals surface area contributed by atoms with Gasteiger partial charge in [-0.2, -0.15) is 0 Å². The molecule has 0 atom stereocenters. The van der Waals surface area contributed by atoms with E-state index in [4.69, 9.17) is 4.42 Å². The van der Waals surface area contributed by atoms with E-state index in [0.717, 1.165) is 16.7 Å². The largest absolute Gasteiger partial charge is 0.467 e. The molecule has 7 nitrogen and oxygen atoms in total. The minimum Gasteiger partial charge on any atom is -0.467 e. The second-order valence-electron chi connectivity index (χ2n) is 8.66. The maximum Gasteiger partial charge on any atom is 0.332 e. The average molecular weight is 480 g/mol. The van der Waals surface area contributed by atoms with Crippen molar-refractivity contribution in [3.8, 4) is 0 Å². The molecule has 2 aromatic heterocycles. The monoisotopic (exact) mass is 479 g/mol. The van der Waals surface area contributed by atoms with Gasteiger partial charge >= 0.3 is 5.69 Å². The number of benzene rings is 3. The first-order valence-corrected chi connectivity index (χ1v) is 11.7. The van der Waals surface area contributed by atoms with Crippen LogP contribution in [-0.2, 0) is 19.6 Å². The summed E-state index contributed by atoms with van der Waals surface area (Å²) >= 11 is 0. The maximum atomic E-state index is 13.5. The molecular formula is C29H25N3O4. The topological polar surface area (TPSA) is 86.2 Å². The summed E-state index contributed by atoms with van der Waals surface area (Å²) in [5.41, 5.74) is 3.21. The second kappa shape index (κ2) is 9.92. The maximum absolute atomic E-state index is 13.5. The lowest BCUT2D eigenvalue weighted by Crippen LogP contribution is -2.40. The molecule has 7 heteroatoms. The molecule has 0 aliphatic rings. The lowest BCUT2D eigenvalue weighted by atomic mass is 10.1. The predicted octanol–water partition coefficient (Wildman–Crippen LogP) is 4.09. The summed E-state index contributed by atoms with van der Waals surface area (Å²) in [6, 6.07) is 25.5. The molecule has 1 N–H and O–H groups in total. The van der Waals surface area contributed by atoms with Crippen LogP contribution in [0.5, 0.6) is 0 Å². The molecule has 0 saturated heterocycles. The number of nitrogens with zero attached hydrogens (tertiary/aromatic N) is 2. The Morgan fingerprint density at radius 2 is 1.58 bits per heavy atom. The molecular weight excluding hydrogens is 454 g/mol. The van der Waals surface area contributed by atoms with Gasteiger partial charge in [0.25, 0.3) is 11.5 Å². The Hall–Kier alpha value is -4.65. The first kappa shape index (κ1) is 23.1. The van der Waals surface area contributed by atoms with Crippen LogP contribution in [0.2, 0.25) is 0 Å². The van der Waals surface area contributed by atoms with Crippen molar-refractivity contribution in [2.45, 2.75) is 26.6 Å². The van der Waals surface area contributed by atoms with Crippen molar-refractivity contribution in [1.29, 1.82) is 0 Å². The number of aryl methyl sites for hydroxylation is 1. The van der Waals surface area contributed by atoms with Crippen molar-refractivity contribution in [1.82, 2.24) is 14.5 Å². The zero-order valence-corrected chi connectivity index (χ0v) is 19.8. The molecule has 0 radical (unpaired) electrons. The fourth-order valence-electron chi connectivity index (χ4n) is 4.25. The molecule has 0 fully saturated rings. The van der Waals surface area contributed by atoms with Crippen LogP contribution in [0.4, 0.5) is 0 Å². The van der Waals surface area contributed by atoms with Crippen LogP contribution in [0, 0.1) is 6.92 Å². The van der Waals surface area contributed by atoms with Gasteiger partial charge in [-0.15, -0.1) is 0 Å². The number of hydrogen-bond donors (Lipinski definition) is 1. The van der Waals surface area contributed by atoms with Gasteiger partial charge in [-0.25, -0.2) is 4.79 Å².